The van der Waals surface area contributed by atoms with E-state index in [0.29, 0.717) is 33.4 Å². The van der Waals surface area contributed by atoms with Crippen LogP contribution in [0.4, 0.5) is 4.39 Å². The minimum absolute atomic E-state index is 0.114. The first-order valence-electron chi connectivity index (χ1n) is 9.77. The van der Waals surface area contributed by atoms with Crippen LogP contribution in [0, 0.1) is 12.7 Å². The van der Waals surface area contributed by atoms with Crippen LogP contribution in [0.3, 0.4) is 0 Å². The summed E-state index contributed by atoms with van der Waals surface area (Å²) in [6, 6.07) is 19.9. The molecule has 4 aromatic carbocycles. The molecule has 0 aliphatic carbocycles. The number of aliphatic carboxylic acids is 1. The Labute approximate surface area is 184 Å². The molecule has 0 bridgehead atoms. The fourth-order valence-corrected chi connectivity index (χ4v) is 4.80. The van der Waals surface area contributed by atoms with Gasteiger partial charge in [0, 0.05) is 5.39 Å². The van der Waals surface area contributed by atoms with Crippen molar-refractivity contribution in [2.75, 3.05) is 0 Å². The molecule has 0 radical (unpaired) electrons. The molecule has 0 saturated heterocycles. The van der Waals surface area contributed by atoms with Crippen molar-refractivity contribution in [1.29, 1.82) is 0 Å². The van der Waals surface area contributed by atoms with Crippen LogP contribution >= 0.6 is 0 Å². The van der Waals surface area contributed by atoms with Crippen LogP contribution in [0.5, 0.6) is 11.5 Å². The van der Waals surface area contributed by atoms with Crippen molar-refractivity contribution in [2.45, 2.75) is 23.1 Å². The SMILES string of the molecule is Cc1c(CC(=O)O)cc2ccc(F)cc2c1Oc1ccc(S(=O)(=O)c2ccccc2)cc1. The van der Waals surface area contributed by atoms with Gasteiger partial charge in [-0.05, 0) is 72.0 Å². The third kappa shape index (κ3) is 4.20. The van der Waals surface area contributed by atoms with Gasteiger partial charge in [-0.25, -0.2) is 12.8 Å². The van der Waals surface area contributed by atoms with Gasteiger partial charge in [-0.3, -0.25) is 4.79 Å². The number of carboxylic acids is 1. The van der Waals surface area contributed by atoms with Gasteiger partial charge < -0.3 is 9.84 Å². The van der Waals surface area contributed by atoms with E-state index in [9.17, 15) is 22.7 Å². The van der Waals surface area contributed by atoms with Gasteiger partial charge in [0.25, 0.3) is 0 Å². The first kappa shape index (κ1) is 21.5. The average Bonchev–Trinajstić information content (AvgIpc) is 2.77. The lowest BCUT2D eigenvalue weighted by Crippen LogP contribution is -2.04. The number of carboxylic acid groups (broad SMARTS) is 1. The predicted octanol–water partition coefficient (Wildman–Crippen LogP) is 5.54. The fraction of sp³-hybridized carbons (Fsp3) is 0.0800. The summed E-state index contributed by atoms with van der Waals surface area (Å²) in [4.78, 5) is 11.6. The molecule has 0 spiro atoms. The van der Waals surface area contributed by atoms with Crippen molar-refractivity contribution in [3.05, 3.63) is 95.8 Å². The van der Waals surface area contributed by atoms with Gasteiger partial charge >= 0.3 is 5.97 Å². The number of sulfone groups is 1. The van der Waals surface area contributed by atoms with Gasteiger partial charge in [0.15, 0.2) is 0 Å². The Hall–Kier alpha value is -3.71. The van der Waals surface area contributed by atoms with E-state index in [-0.39, 0.29) is 16.2 Å². The number of fused-ring (bicyclic) bond motifs is 1. The molecule has 32 heavy (non-hydrogen) atoms. The second-order valence-electron chi connectivity index (χ2n) is 7.32. The first-order chi connectivity index (χ1) is 15.3. The Kier molecular flexibility index (Phi) is 5.67. The lowest BCUT2D eigenvalue weighted by Gasteiger charge is -2.16. The Balaban J connectivity index is 1.74. The van der Waals surface area contributed by atoms with Crippen LogP contribution in [-0.2, 0) is 21.1 Å². The summed E-state index contributed by atoms with van der Waals surface area (Å²) in [5, 5.41) is 10.4. The molecule has 4 aromatic rings. The standard InChI is InChI=1S/C25H19FO5S/c1-16-18(14-24(27)28)13-17-7-8-19(26)15-23(17)25(16)31-20-9-11-22(12-10-20)32(29,30)21-5-3-2-4-6-21/h2-13,15H,14H2,1H3,(H,27,28). The highest BCUT2D eigenvalue weighted by atomic mass is 32.2. The number of carbonyl (C=O) groups is 1. The molecular weight excluding hydrogens is 431 g/mol. The molecule has 0 saturated carbocycles. The minimum Gasteiger partial charge on any atom is -0.481 e. The van der Waals surface area contributed by atoms with Crippen molar-refractivity contribution in [1.82, 2.24) is 0 Å². The van der Waals surface area contributed by atoms with Gasteiger partial charge in [-0.2, -0.15) is 0 Å². The Bertz CT molecular complexity index is 1410. The summed E-state index contributed by atoms with van der Waals surface area (Å²) in [6.07, 6.45) is -0.205. The van der Waals surface area contributed by atoms with E-state index in [2.05, 4.69) is 0 Å². The first-order valence-corrected chi connectivity index (χ1v) is 11.3. The summed E-state index contributed by atoms with van der Waals surface area (Å²) in [5.41, 5.74) is 1.13. The second-order valence-corrected chi connectivity index (χ2v) is 9.27. The maximum Gasteiger partial charge on any atom is 0.307 e. The van der Waals surface area contributed by atoms with E-state index >= 15 is 0 Å². The summed E-state index contributed by atoms with van der Waals surface area (Å²) in [6.45, 7) is 1.71. The zero-order valence-electron chi connectivity index (χ0n) is 17.1. The van der Waals surface area contributed by atoms with Crippen LogP contribution in [0.2, 0.25) is 0 Å². The van der Waals surface area contributed by atoms with Crippen molar-refractivity contribution in [3.63, 3.8) is 0 Å². The summed E-state index contributed by atoms with van der Waals surface area (Å²) in [7, 11) is -3.67. The minimum atomic E-state index is -3.67. The zero-order valence-corrected chi connectivity index (χ0v) is 17.9. The van der Waals surface area contributed by atoms with E-state index in [1.807, 2.05) is 0 Å². The van der Waals surface area contributed by atoms with Gasteiger partial charge in [0.2, 0.25) is 9.84 Å². The van der Waals surface area contributed by atoms with Crippen molar-refractivity contribution in [3.8, 4) is 11.5 Å². The molecule has 162 valence electrons. The van der Waals surface area contributed by atoms with Crippen LogP contribution in [-0.4, -0.2) is 19.5 Å². The molecule has 4 rings (SSSR count). The smallest absolute Gasteiger partial charge is 0.307 e. The molecule has 1 N–H and O–H groups in total. The van der Waals surface area contributed by atoms with Crippen LogP contribution in [0.1, 0.15) is 11.1 Å². The third-order valence-corrected chi connectivity index (χ3v) is 6.95. The molecule has 0 fully saturated rings. The topological polar surface area (TPSA) is 80.7 Å². The highest BCUT2D eigenvalue weighted by molar-refractivity contribution is 7.91. The molecular formula is C25H19FO5S. The molecule has 0 atom stereocenters. The second kappa shape index (κ2) is 8.43. The zero-order chi connectivity index (χ0) is 22.9. The largest absolute Gasteiger partial charge is 0.481 e. The number of hydrogen-bond donors (Lipinski definition) is 1. The predicted molar refractivity (Wildman–Crippen MR) is 118 cm³/mol. The van der Waals surface area contributed by atoms with Gasteiger partial charge in [0.05, 0.1) is 16.2 Å². The lowest BCUT2D eigenvalue weighted by atomic mass is 9.98. The monoisotopic (exact) mass is 450 g/mol. The van der Waals surface area contributed by atoms with E-state index in [4.69, 9.17) is 4.74 Å². The Morgan fingerprint density at radius 1 is 0.938 bits per heavy atom. The highest BCUT2D eigenvalue weighted by Gasteiger charge is 2.18. The molecule has 5 nitrogen and oxygen atoms in total. The fourth-order valence-electron chi connectivity index (χ4n) is 3.51. The summed E-state index contributed by atoms with van der Waals surface area (Å²) < 4.78 is 45.5. The number of benzene rings is 4. The van der Waals surface area contributed by atoms with Gasteiger partial charge in [0.1, 0.15) is 17.3 Å². The maximum atomic E-state index is 13.9. The van der Waals surface area contributed by atoms with E-state index < -0.39 is 21.6 Å². The van der Waals surface area contributed by atoms with E-state index in [1.54, 1.807) is 37.3 Å². The molecule has 0 unspecified atom stereocenters. The quantitative estimate of drug-likeness (QED) is 0.417. The lowest BCUT2D eigenvalue weighted by molar-refractivity contribution is -0.136. The molecule has 0 aliphatic rings. The van der Waals surface area contributed by atoms with E-state index in [1.165, 1.54) is 48.5 Å². The van der Waals surface area contributed by atoms with Crippen molar-refractivity contribution in [2.24, 2.45) is 0 Å². The van der Waals surface area contributed by atoms with Crippen LogP contribution in [0.25, 0.3) is 10.8 Å². The average molecular weight is 450 g/mol. The number of rotatable bonds is 6. The Morgan fingerprint density at radius 2 is 1.59 bits per heavy atom. The summed E-state index contributed by atoms with van der Waals surface area (Å²) >= 11 is 0. The molecule has 0 amide bonds. The van der Waals surface area contributed by atoms with Crippen molar-refractivity contribution >= 4 is 26.6 Å². The van der Waals surface area contributed by atoms with Crippen LogP contribution < -0.4 is 4.74 Å². The number of halogens is 1. The number of hydrogen-bond acceptors (Lipinski definition) is 4. The highest BCUT2D eigenvalue weighted by Crippen LogP contribution is 2.37. The van der Waals surface area contributed by atoms with Crippen molar-refractivity contribution < 1.29 is 27.4 Å². The van der Waals surface area contributed by atoms with Gasteiger partial charge in [-0.1, -0.05) is 30.3 Å². The number of ether oxygens (including phenoxy) is 1. The normalized spacial score (nSPS) is 11.4. The van der Waals surface area contributed by atoms with E-state index in [0.717, 1.165) is 0 Å². The molecule has 0 heterocycles. The van der Waals surface area contributed by atoms with Gasteiger partial charge in [-0.15, -0.1) is 0 Å². The maximum absolute atomic E-state index is 13.9. The Morgan fingerprint density at radius 3 is 2.25 bits per heavy atom. The van der Waals surface area contributed by atoms with Crippen LogP contribution in [0.15, 0.2) is 88.7 Å². The molecule has 0 aromatic heterocycles. The molecule has 7 heteroatoms. The summed E-state index contributed by atoms with van der Waals surface area (Å²) in [5.74, 6) is -0.761. The third-order valence-electron chi connectivity index (χ3n) is 5.16. The molecule has 0 aliphatic heterocycles.